The monoisotopic (exact) mass is 439 g/mol. The maximum atomic E-state index is 6.00. The average molecular weight is 441 g/mol. The summed E-state index contributed by atoms with van der Waals surface area (Å²) in [5.74, 6) is 1.53. The molecule has 3 nitrogen and oxygen atoms in total. The molecule has 0 aromatic heterocycles. The largest absolute Gasteiger partial charge is 0.493 e. The lowest BCUT2D eigenvalue weighted by Crippen LogP contribution is -2.30. The van der Waals surface area contributed by atoms with Gasteiger partial charge in [-0.3, -0.25) is 0 Å². The van der Waals surface area contributed by atoms with Crippen LogP contribution in [0.4, 0.5) is 0 Å². The van der Waals surface area contributed by atoms with Gasteiger partial charge in [0, 0.05) is 12.6 Å². The van der Waals surface area contributed by atoms with Crippen molar-refractivity contribution in [3.05, 3.63) is 58.1 Å². The van der Waals surface area contributed by atoms with Crippen LogP contribution in [0.3, 0.4) is 0 Å². The molecule has 0 aliphatic heterocycles. The molecule has 5 heteroatoms. The third-order valence-corrected chi connectivity index (χ3v) is 5.30. The molecule has 1 fully saturated rings. The Morgan fingerprint density at radius 1 is 1.04 bits per heavy atom. The second-order valence-corrected chi connectivity index (χ2v) is 7.45. The molecule has 0 unspecified atom stereocenters. The van der Waals surface area contributed by atoms with Gasteiger partial charge < -0.3 is 14.8 Å². The van der Waals surface area contributed by atoms with Crippen molar-refractivity contribution in [2.24, 2.45) is 0 Å². The first kappa shape index (κ1) is 21.1. The van der Waals surface area contributed by atoms with Gasteiger partial charge in [0.05, 0.1) is 11.6 Å². The topological polar surface area (TPSA) is 30.5 Å². The fourth-order valence-corrected chi connectivity index (χ4v) is 3.92. The van der Waals surface area contributed by atoms with Crippen molar-refractivity contribution >= 4 is 28.3 Å². The van der Waals surface area contributed by atoms with E-state index in [-0.39, 0.29) is 12.4 Å². The zero-order valence-electron chi connectivity index (χ0n) is 15.2. The molecule has 0 atom stereocenters. The van der Waals surface area contributed by atoms with Gasteiger partial charge in [0.2, 0.25) is 0 Å². The van der Waals surface area contributed by atoms with E-state index in [0.717, 1.165) is 28.1 Å². The van der Waals surface area contributed by atoms with Gasteiger partial charge in [0.1, 0.15) is 6.61 Å². The van der Waals surface area contributed by atoms with Crippen molar-refractivity contribution in [3.63, 3.8) is 0 Å². The number of hydrogen-bond donors (Lipinski definition) is 1. The maximum Gasteiger partial charge on any atom is 0.175 e. The SMILES string of the molecule is COc1cc(CNC2CCCCC2)cc(Br)c1OCc1ccccc1.Cl. The van der Waals surface area contributed by atoms with E-state index in [2.05, 4.69) is 45.5 Å². The van der Waals surface area contributed by atoms with Crippen LogP contribution < -0.4 is 14.8 Å². The molecule has 1 saturated carbocycles. The highest BCUT2D eigenvalue weighted by Crippen LogP contribution is 2.37. The predicted octanol–water partition coefficient (Wildman–Crippen LogP) is 5.88. The Balaban J connectivity index is 0.00000243. The summed E-state index contributed by atoms with van der Waals surface area (Å²) < 4.78 is 12.5. The Labute approximate surface area is 171 Å². The standard InChI is InChI=1S/C21H26BrNO2.ClH/c1-24-20-13-17(14-23-18-10-6-3-7-11-18)12-19(22)21(20)25-15-16-8-4-2-5-9-16;/h2,4-5,8-9,12-13,18,23H,3,6-7,10-11,14-15H2,1H3;1H. The molecule has 1 N–H and O–H groups in total. The third-order valence-electron chi connectivity index (χ3n) is 4.72. The van der Waals surface area contributed by atoms with Gasteiger partial charge >= 0.3 is 0 Å². The van der Waals surface area contributed by atoms with Crippen molar-refractivity contribution in [3.8, 4) is 11.5 Å². The average Bonchev–Trinajstić information content (AvgIpc) is 2.66. The second-order valence-electron chi connectivity index (χ2n) is 6.60. The van der Waals surface area contributed by atoms with E-state index in [9.17, 15) is 0 Å². The smallest absolute Gasteiger partial charge is 0.175 e. The van der Waals surface area contributed by atoms with Crippen LogP contribution in [0.1, 0.15) is 43.2 Å². The summed E-state index contributed by atoms with van der Waals surface area (Å²) in [5.41, 5.74) is 2.35. The van der Waals surface area contributed by atoms with E-state index < -0.39 is 0 Å². The molecule has 1 aliphatic rings. The highest BCUT2D eigenvalue weighted by atomic mass is 79.9. The van der Waals surface area contributed by atoms with Crippen LogP contribution in [0, 0.1) is 0 Å². The minimum atomic E-state index is 0. The number of nitrogens with one attached hydrogen (secondary N) is 1. The van der Waals surface area contributed by atoms with Crippen molar-refractivity contribution in [2.45, 2.75) is 51.3 Å². The second kappa shape index (κ2) is 10.8. The Morgan fingerprint density at radius 3 is 2.46 bits per heavy atom. The van der Waals surface area contributed by atoms with Crippen LogP contribution in [-0.4, -0.2) is 13.2 Å². The fraction of sp³-hybridized carbons (Fsp3) is 0.429. The summed E-state index contributed by atoms with van der Waals surface area (Å²) in [6, 6.07) is 15.0. The first-order chi connectivity index (χ1) is 12.3. The van der Waals surface area contributed by atoms with Gasteiger partial charge in [-0.25, -0.2) is 0 Å². The molecule has 0 spiro atoms. The van der Waals surface area contributed by atoms with Crippen LogP contribution in [0.25, 0.3) is 0 Å². The zero-order valence-corrected chi connectivity index (χ0v) is 17.6. The van der Waals surface area contributed by atoms with Gasteiger partial charge in [-0.2, -0.15) is 0 Å². The van der Waals surface area contributed by atoms with Crippen LogP contribution in [0.5, 0.6) is 11.5 Å². The molecule has 0 amide bonds. The van der Waals surface area contributed by atoms with E-state index >= 15 is 0 Å². The molecule has 0 bridgehead atoms. The van der Waals surface area contributed by atoms with Crippen LogP contribution in [0.15, 0.2) is 46.9 Å². The number of benzene rings is 2. The molecule has 142 valence electrons. The summed E-state index contributed by atoms with van der Waals surface area (Å²) in [4.78, 5) is 0. The van der Waals surface area contributed by atoms with E-state index in [0.29, 0.717) is 12.6 Å². The summed E-state index contributed by atoms with van der Waals surface area (Å²) in [7, 11) is 1.69. The van der Waals surface area contributed by atoms with Gasteiger partial charge in [0.15, 0.2) is 11.5 Å². The summed E-state index contributed by atoms with van der Waals surface area (Å²) in [6.07, 6.45) is 6.64. The first-order valence-electron chi connectivity index (χ1n) is 9.03. The van der Waals surface area contributed by atoms with Gasteiger partial charge in [-0.15, -0.1) is 12.4 Å². The molecule has 0 heterocycles. The van der Waals surface area contributed by atoms with Crippen molar-refractivity contribution in [1.82, 2.24) is 5.32 Å². The zero-order chi connectivity index (χ0) is 17.5. The number of methoxy groups -OCH3 is 1. The van der Waals surface area contributed by atoms with Gasteiger partial charge in [-0.05, 0) is 52.0 Å². The molecule has 2 aromatic rings. The van der Waals surface area contributed by atoms with E-state index in [4.69, 9.17) is 9.47 Å². The Bertz CT molecular complexity index is 675. The lowest BCUT2D eigenvalue weighted by molar-refractivity contribution is 0.282. The summed E-state index contributed by atoms with van der Waals surface area (Å²) >= 11 is 3.65. The van der Waals surface area contributed by atoms with Crippen LogP contribution in [0.2, 0.25) is 0 Å². The lowest BCUT2D eigenvalue weighted by Gasteiger charge is -2.23. The summed E-state index contributed by atoms with van der Waals surface area (Å²) in [6.45, 7) is 1.38. The van der Waals surface area contributed by atoms with Crippen molar-refractivity contribution in [1.29, 1.82) is 0 Å². The minimum Gasteiger partial charge on any atom is -0.493 e. The predicted molar refractivity (Wildman–Crippen MR) is 112 cm³/mol. The Morgan fingerprint density at radius 2 is 1.77 bits per heavy atom. The number of rotatable bonds is 7. The molecular formula is C21H27BrClNO2. The lowest BCUT2D eigenvalue weighted by atomic mass is 9.95. The van der Waals surface area contributed by atoms with Crippen molar-refractivity contribution < 1.29 is 9.47 Å². The van der Waals surface area contributed by atoms with Gasteiger partial charge in [-0.1, -0.05) is 49.6 Å². The Kier molecular flexibility index (Phi) is 8.76. The third kappa shape index (κ3) is 5.90. The van der Waals surface area contributed by atoms with Gasteiger partial charge in [0.25, 0.3) is 0 Å². The van der Waals surface area contributed by atoms with Crippen LogP contribution >= 0.6 is 28.3 Å². The quantitative estimate of drug-likeness (QED) is 0.583. The van der Waals surface area contributed by atoms with Crippen LogP contribution in [-0.2, 0) is 13.2 Å². The van der Waals surface area contributed by atoms with E-state index in [1.165, 1.54) is 37.7 Å². The maximum absolute atomic E-state index is 6.00. The fourth-order valence-electron chi connectivity index (χ4n) is 3.31. The minimum absolute atomic E-state index is 0. The molecule has 0 radical (unpaired) electrons. The molecule has 3 rings (SSSR count). The molecule has 26 heavy (non-hydrogen) atoms. The first-order valence-corrected chi connectivity index (χ1v) is 9.82. The molecule has 2 aromatic carbocycles. The summed E-state index contributed by atoms with van der Waals surface area (Å²) in [5, 5.41) is 3.68. The Hall–Kier alpha value is -1.23. The molecule has 1 aliphatic carbocycles. The number of hydrogen-bond acceptors (Lipinski definition) is 3. The number of halogens is 2. The highest BCUT2D eigenvalue weighted by molar-refractivity contribution is 9.10. The van der Waals surface area contributed by atoms with E-state index in [1.54, 1.807) is 7.11 Å². The highest BCUT2D eigenvalue weighted by Gasteiger charge is 2.15. The van der Waals surface area contributed by atoms with E-state index in [1.807, 2.05) is 18.2 Å². The normalized spacial score (nSPS) is 14.5. The molecular weight excluding hydrogens is 414 g/mol. The molecule has 0 saturated heterocycles. The number of ether oxygens (including phenoxy) is 2. The van der Waals surface area contributed by atoms with Crippen molar-refractivity contribution in [2.75, 3.05) is 7.11 Å².